The lowest BCUT2D eigenvalue weighted by Crippen LogP contribution is -2.49. The molecule has 1 atom stereocenters. The van der Waals surface area contributed by atoms with Crippen molar-refractivity contribution >= 4 is 5.91 Å². The fraction of sp³-hybridized carbons (Fsp3) is 0.458. The molecule has 3 rings (SSSR count). The minimum Gasteiger partial charge on any atom is -0.481 e. The predicted octanol–water partition coefficient (Wildman–Crippen LogP) is 3.18. The lowest BCUT2D eigenvalue weighted by atomic mass is 9.79. The third-order valence-corrected chi connectivity index (χ3v) is 5.64. The first-order chi connectivity index (χ1) is 14.1. The number of ether oxygens (including phenoxy) is 2. The second-order valence-corrected chi connectivity index (χ2v) is 7.93. The zero-order valence-electron chi connectivity index (χ0n) is 17.4. The maximum atomic E-state index is 12.7. The third kappa shape index (κ3) is 6.05. The van der Waals surface area contributed by atoms with Gasteiger partial charge in [0.05, 0.1) is 6.61 Å². The van der Waals surface area contributed by atoms with Gasteiger partial charge in [0.15, 0.2) is 6.10 Å². The summed E-state index contributed by atoms with van der Waals surface area (Å²) in [5.41, 5.74) is 2.29. The molecule has 0 bridgehead atoms. The molecule has 29 heavy (non-hydrogen) atoms. The quantitative estimate of drug-likeness (QED) is 0.684. The van der Waals surface area contributed by atoms with Gasteiger partial charge < -0.3 is 20.1 Å². The van der Waals surface area contributed by atoms with Crippen molar-refractivity contribution in [2.45, 2.75) is 32.3 Å². The van der Waals surface area contributed by atoms with Crippen LogP contribution in [0.4, 0.5) is 0 Å². The van der Waals surface area contributed by atoms with E-state index in [2.05, 4.69) is 28.8 Å². The number of methoxy groups -OCH3 is 1. The largest absolute Gasteiger partial charge is 0.481 e. The number of rotatable bonds is 9. The molecule has 1 amide bonds. The minimum absolute atomic E-state index is 0.000592. The molecule has 2 aromatic rings. The summed E-state index contributed by atoms with van der Waals surface area (Å²) in [7, 11) is 1.72. The lowest BCUT2D eigenvalue weighted by molar-refractivity contribution is -0.128. The average molecular weight is 397 g/mol. The molecule has 0 saturated carbocycles. The van der Waals surface area contributed by atoms with Crippen molar-refractivity contribution < 1.29 is 14.3 Å². The van der Waals surface area contributed by atoms with Crippen molar-refractivity contribution in [3.63, 3.8) is 0 Å². The van der Waals surface area contributed by atoms with Crippen LogP contribution in [0.5, 0.6) is 5.75 Å². The molecule has 1 saturated heterocycles. The Bertz CT molecular complexity index is 767. The molecule has 0 aromatic heterocycles. The van der Waals surface area contributed by atoms with Gasteiger partial charge in [0.2, 0.25) is 0 Å². The zero-order valence-corrected chi connectivity index (χ0v) is 17.4. The monoisotopic (exact) mass is 396 g/mol. The van der Waals surface area contributed by atoms with Crippen LogP contribution in [0.3, 0.4) is 0 Å². The van der Waals surface area contributed by atoms with Crippen LogP contribution in [-0.4, -0.2) is 45.4 Å². The smallest absolute Gasteiger partial charge is 0.260 e. The Labute approximate surface area is 173 Å². The normalized spacial score (nSPS) is 16.8. The summed E-state index contributed by atoms with van der Waals surface area (Å²) in [5.74, 6) is 0.668. The molecule has 1 aliphatic rings. The second kappa shape index (κ2) is 10.4. The maximum Gasteiger partial charge on any atom is 0.260 e. The van der Waals surface area contributed by atoms with Gasteiger partial charge in [0.25, 0.3) is 5.91 Å². The number of carbonyl (C=O) groups is 1. The highest BCUT2D eigenvalue weighted by Crippen LogP contribution is 2.28. The molecule has 1 fully saturated rings. The molecule has 0 spiro atoms. The van der Waals surface area contributed by atoms with Crippen molar-refractivity contribution in [1.29, 1.82) is 0 Å². The van der Waals surface area contributed by atoms with E-state index in [-0.39, 0.29) is 11.3 Å². The Balaban J connectivity index is 1.59. The number of amides is 1. The van der Waals surface area contributed by atoms with Crippen molar-refractivity contribution in [2.24, 2.45) is 5.41 Å². The summed E-state index contributed by atoms with van der Waals surface area (Å²) in [5, 5.41) is 6.47. The highest BCUT2D eigenvalue weighted by Gasteiger charge is 2.33. The second-order valence-electron chi connectivity index (χ2n) is 7.93. The number of para-hydroxylation sites is 1. The molecular formula is C24H32N2O3. The molecule has 1 unspecified atom stereocenters. The SMILES string of the molecule is COCC1(CNC(=O)C(C)Oc2ccccc2Cc2ccccc2)CCNCC1. The zero-order chi connectivity index (χ0) is 20.5. The van der Waals surface area contributed by atoms with Gasteiger partial charge in [-0.2, -0.15) is 0 Å². The number of piperidine rings is 1. The third-order valence-electron chi connectivity index (χ3n) is 5.64. The molecule has 2 aromatic carbocycles. The predicted molar refractivity (Wildman–Crippen MR) is 115 cm³/mol. The van der Waals surface area contributed by atoms with Crippen LogP contribution in [0.1, 0.15) is 30.9 Å². The Kier molecular flexibility index (Phi) is 7.67. The number of benzene rings is 2. The first kappa shape index (κ1) is 21.3. The van der Waals surface area contributed by atoms with Crippen molar-refractivity contribution in [1.82, 2.24) is 10.6 Å². The minimum atomic E-state index is -0.562. The van der Waals surface area contributed by atoms with E-state index in [4.69, 9.17) is 9.47 Å². The molecule has 1 heterocycles. The van der Waals surface area contributed by atoms with E-state index in [9.17, 15) is 4.79 Å². The maximum absolute atomic E-state index is 12.7. The van der Waals surface area contributed by atoms with Crippen molar-refractivity contribution in [3.05, 3.63) is 65.7 Å². The molecule has 5 nitrogen and oxygen atoms in total. The van der Waals surface area contributed by atoms with Gasteiger partial charge in [-0.05, 0) is 50.0 Å². The van der Waals surface area contributed by atoms with Crippen LogP contribution >= 0.6 is 0 Å². The first-order valence-corrected chi connectivity index (χ1v) is 10.4. The number of nitrogens with one attached hydrogen (secondary N) is 2. The summed E-state index contributed by atoms with van der Waals surface area (Å²) in [6.45, 7) is 4.99. The number of hydrogen-bond donors (Lipinski definition) is 2. The Morgan fingerprint density at radius 1 is 1.10 bits per heavy atom. The van der Waals surface area contributed by atoms with Gasteiger partial charge in [-0.15, -0.1) is 0 Å². The molecule has 0 aliphatic carbocycles. The van der Waals surface area contributed by atoms with Crippen molar-refractivity contribution in [3.8, 4) is 5.75 Å². The summed E-state index contributed by atoms with van der Waals surface area (Å²) in [4.78, 5) is 12.7. The van der Waals surface area contributed by atoms with Gasteiger partial charge >= 0.3 is 0 Å². The van der Waals surface area contributed by atoms with E-state index < -0.39 is 6.10 Å². The summed E-state index contributed by atoms with van der Waals surface area (Å²) in [6, 6.07) is 18.2. The highest BCUT2D eigenvalue weighted by atomic mass is 16.5. The van der Waals surface area contributed by atoms with Gasteiger partial charge in [-0.1, -0.05) is 48.5 Å². The molecule has 5 heteroatoms. The molecule has 2 N–H and O–H groups in total. The van der Waals surface area contributed by atoms with Crippen molar-refractivity contribution in [2.75, 3.05) is 33.4 Å². The molecule has 156 valence electrons. The standard InChI is InChI=1S/C24H32N2O3/c1-19(23(27)26-17-24(18-28-2)12-14-25-15-13-24)29-22-11-7-6-10-21(22)16-20-8-4-3-5-9-20/h3-11,19,25H,12-18H2,1-2H3,(H,26,27). The van der Waals surface area contributed by atoms with E-state index in [1.807, 2.05) is 36.4 Å². The fourth-order valence-electron chi connectivity index (χ4n) is 3.88. The lowest BCUT2D eigenvalue weighted by Gasteiger charge is -2.37. The van der Waals surface area contributed by atoms with E-state index in [1.54, 1.807) is 14.0 Å². The Hall–Kier alpha value is -2.37. The Morgan fingerprint density at radius 3 is 2.52 bits per heavy atom. The van der Waals surface area contributed by atoms with Gasteiger partial charge in [0, 0.05) is 25.5 Å². The van der Waals surface area contributed by atoms with Crippen LogP contribution < -0.4 is 15.4 Å². The van der Waals surface area contributed by atoms with Crippen LogP contribution in [0, 0.1) is 5.41 Å². The number of hydrogen-bond acceptors (Lipinski definition) is 4. The van der Waals surface area contributed by atoms with Crippen LogP contribution in [0.15, 0.2) is 54.6 Å². The van der Waals surface area contributed by atoms with Gasteiger partial charge in [-0.25, -0.2) is 0 Å². The van der Waals surface area contributed by atoms with E-state index in [1.165, 1.54) is 5.56 Å². The van der Waals surface area contributed by atoms with Crippen LogP contribution in [-0.2, 0) is 16.0 Å². The topological polar surface area (TPSA) is 59.6 Å². The van der Waals surface area contributed by atoms with Crippen LogP contribution in [0.2, 0.25) is 0 Å². The van der Waals surface area contributed by atoms with E-state index in [0.717, 1.165) is 43.7 Å². The average Bonchev–Trinajstić information content (AvgIpc) is 2.75. The van der Waals surface area contributed by atoms with E-state index in [0.29, 0.717) is 13.2 Å². The summed E-state index contributed by atoms with van der Waals surface area (Å²) >= 11 is 0. The van der Waals surface area contributed by atoms with Crippen LogP contribution in [0.25, 0.3) is 0 Å². The summed E-state index contributed by atoms with van der Waals surface area (Å²) in [6.07, 6.45) is 2.20. The molecule has 0 radical (unpaired) electrons. The number of carbonyl (C=O) groups excluding carboxylic acids is 1. The highest BCUT2D eigenvalue weighted by molar-refractivity contribution is 5.80. The van der Waals surface area contributed by atoms with Gasteiger partial charge in [-0.3, -0.25) is 4.79 Å². The summed E-state index contributed by atoms with van der Waals surface area (Å²) < 4.78 is 11.5. The fourth-order valence-corrected chi connectivity index (χ4v) is 3.88. The molecular weight excluding hydrogens is 364 g/mol. The Morgan fingerprint density at radius 2 is 1.79 bits per heavy atom. The van der Waals surface area contributed by atoms with Gasteiger partial charge in [0.1, 0.15) is 5.75 Å². The van der Waals surface area contributed by atoms with E-state index >= 15 is 0 Å². The first-order valence-electron chi connectivity index (χ1n) is 10.4. The molecule has 1 aliphatic heterocycles.